The zero-order valence-corrected chi connectivity index (χ0v) is 13.7. The zero-order chi connectivity index (χ0) is 14.8. The summed E-state index contributed by atoms with van der Waals surface area (Å²) in [4.78, 5) is 0.249. The van der Waals surface area contributed by atoms with E-state index in [0.29, 0.717) is 30.7 Å². The molecule has 1 fully saturated rings. The van der Waals surface area contributed by atoms with Crippen molar-refractivity contribution in [2.24, 2.45) is 0 Å². The summed E-state index contributed by atoms with van der Waals surface area (Å²) in [5.74, 6) is 1.12. The first kappa shape index (κ1) is 15.9. The van der Waals surface area contributed by atoms with Gasteiger partial charge in [0.25, 0.3) is 0 Å². The van der Waals surface area contributed by atoms with Crippen molar-refractivity contribution in [3.8, 4) is 0 Å². The Morgan fingerprint density at radius 1 is 1.50 bits per heavy atom. The molecule has 0 saturated heterocycles. The second-order valence-corrected chi connectivity index (χ2v) is 8.20. The molecule has 0 radical (unpaired) electrons. The molecule has 114 valence electrons. The summed E-state index contributed by atoms with van der Waals surface area (Å²) in [5, 5.41) is 3.56. The standard InChI is InChI=1S/C13H22N2O3S2/c1-9(19-3)7-15-20(16,17)13-6-12(18-10(13)2)8-14-11-4-5-11/h6,9,11,14-15H,4-5,7-8H2,1-3H3. The molecule has 1 aliphatic carbocycles. The van der Waals surface area contributed by atoms with Gasteiger partial charge in [0.15, 0.2) is 0 Å². The summed E-state index contributed by atoms with van der Waals surface area (Å²) >= 11 is 1.63. The molecule has 1 unspecified atom stereocenters. The maximum atomic E-state index is 12.2. The van der Waals surface area contributed by atoms with E-state index in [2.05, 4.69) is 10.0 Å². The van der Waals surface area contributed by atoms with Crippen LogP contribution >= 0.6 is 11.8 Å². The number of hydrogen-bond acceptors (Lipinski definition) is 5. The number of thioether (sulfide) groups is 1. The van der Waals surface area contributed by atoms with Gasteiger partial charge in [-0.2, -0.15) is 11.8 Å². The molecule has 20 heavy (non-hydrogen) atoms. The van der Waals surface area contributed by atoms with Gasteiger partial charge in [0.2, 0.25) is 10.0 Å². The molecule has 7 heteroatoms. The van der Waals surface area contributed by atoms with Crippen LogP contribution in [0.5, 0.6) is 0 Å². The Morgan fingerprint density at radius 3 is 2.80 bits per heavy atom. The van der Waals surface area contributed by atoms with Crippen molar-refractivity contribution in [2.45, 2.75) is 49.4 Å². The molecule has 0 spiro atoms. The third kappa shape index (κ3) is 4.25. The number of nitrogens with one attached hydrogen (secondary N) is 2. The van der Waals surface area contributed by atoms with Crippen molar-refractivity contribution in [1.82, 2.24) is 10.0 Å². The molecule has 1 aromatic heterocycles. The Hall–Kier alpha value is -0.500. The van der Waals surface area contributed by atoms with E-state index in [0.717, 1.165) is 0 Å². The molecule has 1 saturated carbocycles. The first-order chi connectivity index (χ1) is 9.42. The van der Waals surface area contributed by atoms with Gasteiger partial charge >= 0.3 is 0 Å². The highest BCUT2D eigenvalue weighted by Gasteiger charge is 2.24. The minimum atomic E-state index is -3.48. The predicted molar refractivity (Wildman–Crippen MR) is 81.5 cm³/mol. The second-order valence-electron chi connectivity index (χ2n) is 5.19. The largest absolute Gasteiger partial charge is 0.464 e. The van der Waals surface area contributed by atoms with Crippen molar-refractivity contribution < 1.29 is 12.8 Å². The van der Waals surface area contributed by atoms with Crippen molar-refractivity contribution in [1.29, 1.82) is 0 Å². The molecule has 2 N–H and O–H groups in total. The minimum Gasteiger partial charge on any atom is -0.464 e. The van der Waals surface area contributed by atoms with Crippen LogP contribution in [-0.2, 0) is 16.6 Å². The lowest BCUT2D eigenvalue weighted by Gasteiger charge is -2.09. The quantitative estimate of drug-likeness (QED) is 0.765. The summed E-state index contributed by atoms with van der Waals surface area (Å²) < 4.78 is 32.6. The molecule has 1 aliphatic rings. The topological polar surface area (TPSA) is 71.3 Å². The Kier molecular flexibility index (Phi) is 5.17. The molecule has 0 amide bonds. The Bertz CT molecular complexity index is 550. The van der Waals surface area contributed by atoms with E-state index in [-0.39, 0.29) is 10.1 Å². The number of aryl methyl sites for hydroxylation is 1. The molecule has 1 atom stereocenters. The molecular formula is C13H22N2O3S2. The fraction of sp³-hybridized carbons (Fsp3) is 0.692. The van der Waals surface area contributed by atoms with E-state index >= 15 is 0 Å². The number of hydrogen-bond donors (Lipinski definition) is 2. The number of sulfonamides is 1. The number of rotatable bonds is 8. The normalized spacial score (nSPS) is 17.4. The Labute approximate surface area is 124 Å². The maximum Gasteiger partial charge on any atom is 0.244 e. The van der Waals surface area contributed by atoms with Crippen LogP contribution in [0.15, 0.2) is 15.4 Å². The van der Waals surface area contributed by atoms with Crippen LogP contribution in [-0.4, -0.2) is 32.5 Å². The van der Waals surface area contributed by atoms with Gasteiger partial charge in [-0.15, -0.1) is 0 Å². The van der Waals surface area contributed by atoms with Gasteiger partial charge < -0.3 is 9.73 Å². The van der Waals surface area contributed by atoms with E-state index < -0.39 is 10.0 Å². The lowest BCUT2D eigenvalue weighted by Crippen LogP contribution is -2.29. The van der Waals surface area contributed by atoms with E-state index in [4.69, 9.17) is 4.42 Å². The van der Waals surface area contributed by atoms with Crippen LogP contribution < -0.4 is 10.0 Å². The lowest BCUT2D eigenvalue weighted by molar-refractivity contribution is 0.456. The molecule has 0 aliphatic heterocycles. The maximum absolute atomic E-state index is 12.2. The van der Waals surface area contributed by atoms with Gasteiger partial charge in [-0.1, -0.05) is 6.92 Å². The summed E-state index contributed by atoms with van der Waals surface area (Å²) in [6.45, 7) is 4.68. The smallest absolute Gasteiger partial charge is 0.244 e. The first-order valence-corrected chi connectivity index (χ1v) is 9.54. The summed E-state index contributed by atoms with van der Waals surface area (Å²) in [6, 6.07) is 2.19. The predicted octanol–water partition coefficient (Wildman–Crippen LogP) is 1.87. The molecular weight excluding hydrogens is 296 g/mol. The van der Waals surface area contributed by atoms with Gasteiger partial charge in [0.1, 0.15) is 16.4 Å². The Balaban J connectivity index is 2.01. The average Bonchev–Trinajstić information content (AvgIpc) is 3.16. The van der Waals surface area contributed by atoms with Crippen molar-refractivity contribution in [3.05, 3.63) is 17.6 Å². The fourth-order valence-corrected chi connectivity index (χ4v) is 3.49. The molecule has 0 bridgehead atoms. The van der Waals surface area contributed by atoms with Crippen LogP contribution in [0.4, 0.5) is 0 Å². The van der Waals surface area contributed by atoms with Gasteiger partial charge in [0, 0.05) is 23.9 Å². The van der Waals surface area contributed by atoms with Crippen LogP contribution in [0.3, 0.4) is 0 Å². The second kappa shape index (κ2) is 6.51. The molecule has 5 nitrogen and oxygen atoms in total. The highest BCUT2D eigenvalue weighted by Crippen LogP contribution is 2.23. The summed E-state index contributed by atoms with van der Waals surface area (Å²) in [7, 11) is -3.48. The lowest BCUT2D eigenvalue weighted by atomic mass is 10.4. The summed E-state index contributed by atoms with van der Waals surface area (Å²) in [6.07, 6.45) is 4.35. The number of furan rings is 1. The van der Waals surface area contributed by atoms with E-state index in [1.807, 2.05) is 13.2 Å². The van der Waals surface area contributed by atoms with Gasteiger partial charge in [-0.3, -0.25) is 0 Å². The third-order valence-electron chi connectivity index (χ3n) is 3.32. The Morgan fingerprint density at radius 2 is 2.20 bits per heavy atom. The van der Waals surface area contributed by atoms with Crippen LogP contribution in [0.25, 0.3) is 0 Å². The summed E-state index contributed by atoms with van der Waals surface area (Å²) in [5.41, 5.74) is 0. The van der Waals surface area contributed by atoms with Crippen LogP contribution in [0.1, 0.15) is 31.3 Å². The van der Waals surface area contributed by atoms with Crippen molar-refractivity contribution in [2.75, 3.05) is 12.8 Å². The SMILES string of the molecule is CSC(C)CNS(=O)(=O)c1cc(CNC2CC2)oc1C. The molecule has 2 rings (SSSR count). The van der Waals surface area contributed by atoms with E-state index in [9.17, 15) is 8.42 Å². The van der Waals surface area contributed by atoms with Gasteiger partial charge in [0.05, 0.1) is 6.54 Å². The highest BCUT2D eigenvalue weighted by molar-refractivity contribution is 7.99. The average molecular weight is 318 g/mol. The monoisotopic (exact) mass is 318 g/mol. The molecule has 1 aromatic rings. The molecule has 0 aromatic carbocycles. The minimum absolute atomic E-state index is 0.244. The van der Waals surface area contributed by atoms with E-state index in [1.165, 1.54) is 12.8 Å². The van der Waals surface area contributed by atoms with Gasteiger partial charge in [-0.25, -0.2) is 13.1 Å². The third-order valence-corrected chi connectivity index (χ3v) is 5.82. The fourth-order valence-electron chi connectivity index (χ4n) is 1.80. The highest BCUT2D eigenvalue weighted by atomic mass is 32.2. The van der Waals surface area contributed by atoms with Crippen LogP contribution in [0, 0.1) is 6.92 Å². The van der Waals surface area contributed by atoms with E-state index in [1.54, 1.807) is 24.8 Å². The van der Waals surface area contributed by atoms with Crippen molar-refractivity contribution >= 4 is 21.8 Å². The van der Waals surface area contributed by atoms with Gasteiger partial charge in [-0.05, 0) is 26.0 Å². The van der Waals surface area contributed by atoms with Crippen LogP contribution in [0.2, 0.25) is 0 Å². The molecule has 1 heterocycles. The van der Waals surface area contributed by atoms with Crippen molar-refractivity contribution in [3.63, 3.8) is 0 Å². The zero-order valence-electron chi connectivity index (χ0n) is 12.1. The first-order valence-electron chi connectivity index (χ1n) is 6.77.